The summed E-state index contributed by atoms with van der Waals surface area (Å²) >= 11 is 0. The van der Waals surface area contributed by atoms with Crippen molar-refractivity contribution in [1.82, 2.24) is 10.2 Å². The number of nitrogens with zero attached hydrogens (tertiary/aromatic N) is 2. The second-order valence-electron chi connectivity index (χ2n) is 6.59. The maximum atomic E-state index is 12.7. The molecule has 6 heteroatoms. The summed E-state index contributed by atoms with van der Waals surface area (Å²) in [6.07, 6.45) is 4.58. The van der Waals surface area contributed by atoms with Gasteiger partial charge in [0.1, 0.15) is 0 Å². The van der Waals surface area contributed by atoms with Gasteiger partial charge >= 0.3 is 0 Å². The number of amides is 1. The van der Waals surface area contributed by atoms with Gasteiger partial charge in [-0.15, -0.1) is 0 Å². The van der Waals surface area contributed by atoms with Gasteiger partial charge in [0.15, 0.2) is 0 Å². The molecule has 3 rings (SSSR count). The molecule has 1 atom stereocenters. The predicted octanol–water partition coefficient (Wildman–Crippen LogP) is 2.51. The van der Waals surface area contributed by atoms with Crippen molar-refractivity contribution in [2.24, 2.45) is 5.92 Å². The minimum atomic E-state index is -0.429. The third-order valence-corrected chi connectivity index (χ3v) is 5.15. The van der Waals surface area contributed by atoms with Crippen molar-refractivity contribution in [2.75, 3.05) is 19.6 Å². The molecule has 124 valence electrons. The van der Waals surface area contributed by atoms with Crippen molar-refractivity contribution < 1.29 is 9.72 Å². The Balaban J connectivity index is 1.64. The predicted molar refractivity (Wildman–Crippen MR) is 87.5 cm³/mol. The molecule has 2 saturated heterocycles. The zero-order valence-electron chi connectivity index (χ0n) is 13.5. The summed E-state index contributed by atoms with van der Waals surface area (Å²) in [6.45, 7) is 4.43. The number of aryl methyl sites for hydroxylation is 1. The fraction of sp³-hybridized carbons (Fsp3) is 0.588. The Morgan fingerprint density at radius 2 is 2.04 bits per heavy atom. The van der Waals surface area contributed by atoms with Gasteiger partial charge in [0, 0.05) is 36.8 Å². The molecule has 2 aliphatic heterocycles. The molecule has 0 radical (unpaired) electrons. The number of nitro benzene ring substituents is 1. The number of carbonyl (C=O) groups excluding carboxylic acids is 1. The minimum Gasteiger partial charge on any atom is -0.339 e. The molecule has 1 N–H and O–H groups in total. The number of rotatable bonds is 3. The Morgan fingerprint density at radius 1 is 1.30 bits per heavy atom. The third kappa shape index (κ3) is 3.37. The van der Waals surface area contributed by atoms with Crippen LogP contribution in [0.4, 0.5) is 5.69 Å². The number of carbonyl (C=O) groups is 1. The first kappa shape index (κ1) is 15.9. The van der Waals surface area contributed by atoms with Crippen molar-refractivity contribution in [3.8, 4) is 0 Å². The fourth-order valence-electron chi connectivity index (χ4n) is 3.79. The van der Waals surface area contributed by atoms with Crippen LogP contribution in [-0.4, -0.2) is 41.4 Å². The Labute approximate surface area is 136 Å². The lowest BCUT2D eigenvalue weighted by molar-refractivity contribution is -0.384. The SMILES string of the molecule is Cc1cc([N+](=O)[O-])ccc1C(=O)N1CCC(C2CCCN2)CC1. The van der Waals surface area contributed by atoms with Gasteiger partial charge in [-0.25, -0.2) is 0 Å². The number of benzene rings is 1. The Morgan fingerprint density at radius 3 is 2.61 bits per heavy atom. The molecule has 1 amide bonds. The van der Waals surface area contributed by atoms with Crippen molar-refractivity contribution in [2.45, 2.75) is 38.6 Å². The molecule has 2 aliphatic rings. The lowest BCUT2D eigenvalue weighted by atomic mass is 9.88. The zero-order chi connectivity index (χ0) is 16.4. The first-order chi connectivity index (χ1) is 11.1. The molecule has 23 heavy (non-hydrogen) atoms. The third-order valence-electron chi connectivity index (χ3n) is 5.15. The van der Waals surface area contributed by atoms with Crippen LogP contribution in [0.15, 0.2) is 18.2 Å². The summed E-state index contributed by atoms with van der Waals surface area (Å²) in [7, 11) is 0. The standard InChI is InChI=1S/C17H23N3O3/c1-12-11-14(20(22)23)4-5-15(12)17(21)19-9-6-13(7-10-19)16-3-2-8-18-16/h4-5,11,13,16,18H,2-3,6-10H2,1H3. The number of hydrogen-bond acceptors (Lipinski definition) is 4. The van der Waals surface area contributed by atoms with Gasteiger partial charge in [-0.05, 0) is 56.7 Å². The number of piperidine rings is 1. The highest BCUT2D eigenvalue weighted by Crippen LogP contribution is 2.27. The number of non-ortho nitro benzene ring substituents is 1. The van der Waals surface area contributed by atoms with E-state index >= 15 is 0 Å². The molecule has 2 fully saturated rings. The fourth-order valence-corrected chi connectivity index (χ4v) is 3.79. The maximum Gasteiger partial charge on any atom is 0.269 e. The number of nitro groups is 1. The topological polar surface area (TPSA) is 75.5 Å². The molecule has 0 saturated carbocycles. The molecule has 6 nitrogen and oxygen atoms in total. The van der Waals surface area contributed by atoms with Crippen molar-refractivity contribution in [3.05, 3.63) is 39.4 Å². The van der Waals surface area contributed by atoms with Crippen molar-refractivity contribution in [1.29, 1.82) is 0 Å². The van der Waals surface area contributed by atoms with E-state index in [-0.39, 0.29) is 11.6 Å². The highest BCUT2D eigenvalue weighted by molar-refractivity contribution is 5.96. The van der Waals surface area contributed by atoms with Crippen LogP contribution in [0.25, 0.3) is 0 Å². The van der Waals surface area contributed by atoms with Gasteiger partial charge in [0.25, 0.3) is 11.6 Å². The van der Waals surface area contributed by atoms with Crippen molar-refractivity contribution >= 4 is 11.6 Å². The molecule has 0 spiro atoms. The number of hydrogen-bond donors (Lipinski definition) is 1. The van der Waals surface area contributed by atoms with Crippen LogP contribution in [0.5, 0.6) is 0 Å². The molecular formula is C17H23N3O3. The van der Waals surface area contributed by atoms with Crippen LogP contribution in [0.2, 0.25) is 0 Å². The highest BCUT2D eigenvalue weighted by atomic mass is 16.6. The van der Waals surface area contributed by atoms with Crippen LogP contribution in [-0.2, 0) is 0 Å². The second-order valence-corrected chi connectivity index (χ2v) is 6.59. The monoisotopic (exact) mass is 317 g/mol. The van der Waals surface area contributed by atoms with E-state index in [2.05, 4.69) is 5.32 Å². The molecule has 1 unspecified atom stereocenters. The first-order valence-electron chi connectivity index (χ1n) is 8.34. The van der Waals surface area contributed by atoms with E-state index in [1.807, 2.05) is 4.90 Å². The zero-order valence-corrected chi connectivity index (χ0v) is 13.5. The first-order valence-corrected chi connectivity index (χ1v) is 8.34. The summed E-state index contributed by atoms with van der Waals surface area (Å²) in [6, 6.07) is 5.09. The molecule has 1 aromatic rings. The number of nitrogens with one attached hydrogen (secondary N) is 1. The van der Waals surface area contributed by atoms with E-state index < -0.39 is 4.92 Å². The summed E-state index contributed by atoms with van der Waals surface area (Å²) in [5.41, 5.74) is 1.28. The van der Waals surface area contributed by atoms with Crippen LogP contribution in [0, 0.1) is 23.0 Å². The van der Waals surface area contributed by atoms with Crippen LogP contribution in [0.1, 0.15) is 41.6 Å². The van der Waals surface area contributed by atoms with Gasteiger partial charge in [0.2, 0.25) is 0 Å². The van der Waals surface area contributed by atoms with Crippen LogP contribution >= 0.6 is 0 Å². The van der Waals surface area contributed by atoms with E-state index in [9.17, 15) is 14.9 Å². The van der Waals surface area contributed by atoms with E-state index in [1.165, 1.54) is 25.0 Å². The number of likely N-dealkylation sites (tertiary alicyclic amines) is 1. The minimum absolute atomic E-state index is 0.00442. The van der Waals surface area contributed by atoms with E-state index in [1.54, 1.807) is 13.0 Å². The lowest BCUT2D eigenvalue weighted by Crippen LogP contribution is -2.43. The molecular weight excluding hydrogens is 294 g/mol. The van der Waals surface area contributed by atoms with Gasteiger partial charge in [-0.1, -0.05) is 0 Å². The van der Waals surface area contributed by atoms with Crippen LogP contribution in [0.3, 0.4) is 0 Å². The molecule has 0 aromatic heterocycles. The molecule has 1 aromatic carbocycles. The summed E-state index contributed by atoms with van der Waals surface area (Å²) < 4.78 is 0. The van der Waals surface area contributed by atoms with E-state index in [0.29, 0.717) is 23.1 Å². The summed E-state index contributed by atoms with van der Waals surface area (Å²) in [5.74, 6) is 0.662. The van der Waals surface area contributed by atoms with Gasteiger partial charge in [-0.3, -0.25) is 14.9 Å². The van der Waals surface area contributed by atoms with Gasteiger partial charge in [0.05, 0.1) is 4.92 Å². The lowest BCUT2D eigenvalue weighted by Gasteiger charge is -2.35. The largest absolute Gasteiger partial charge is 0.339 e. The normalized spacial score (nSPS) is 22.3. The average Bonchev–Trinajstić information content (AvgIpc) is 3.08. The van der Waals surface area contributed by atoms with Gasteiger partial charge in [-0.2, -0.15) is 0 Å². The average molecular weight is 317 g/mol. The maximum absolute atomic E-state index is 12.7. The highest BCUT2D eigenvalue weighted by Gasteiger charge is 2.30. The Kier molecular flexibility index (Phi) is 4.61. The summed E-state index contributed by atoms with van der Waals surface area (Å²) in [4.78, 5) is 24.9. The Bertz CT molecular complexity index is 603. The molecule has 0 aliphatic carbocycles. The van der Waals surface area contributed by atoms with Gasteiger partial charge < -0.3 is 10.2 Å². The van der Waals surface area contributed by atoms with Crippen molar-refractivity contribution in [3.63, 3.8) is 0 Å². The molecule has 2 heterocycles. The second kappa shape index (κ2) is 6.66. The van der Waals surface area contributed by atoms with E-state index in [0.717, 1.165) is 32.5 Å². The molecule has 0 bridgehead atoms. The quantitative estimate of drug-likeness (QED) is 0.686. The summed E-state index contributed by atoms with van der Waals surface area (Å²) in [5, 5.41) is 14.4. The van der Waals surface area contributed by atoms with E-state index in [4.69, 9.17) is 0 Å². The van der Waals surface area contributed by atoms with Crippen LogP contribution < -0.4 is 5.32 Å². The Hall–Kier alpha value is -1.95. The smallest absolute Gasteiger partial charge is 0.269 e.